The monoisotopic (exact) mass is 580 g/mol. The van der Waals surface area contributed by atoms with Gasteiger partial charge in [-0.05, 0) is 32.9 Å². The van der Waals surface area contributed by atoms with E-state index in [9.17, 15) is 0 Å². The van der Waals surface area contributed by atoms with Crippen molar-refractivity contribution in [3.8, 4) is 0 Å². The molecule has 1 rings (SSSR count). The number of rotatable bonds is 4. The van der Waals surface area contributed by atoms with Gasteiger partial charge < -0.3 is 0 Å². The molecule has 0 bridgehead atoms. The van der Waals surface area contributed by atoms with Crippen molar-refractivity contribution in [3.63, 3.8) is 0 Å². The molecule has 0 spiro atoms. The Bertz CT molecular complexity index is 581. The summed E-state index contributed by atoms with van der Waals surface area (Å²) in [6.45, 7) is 29.3. The summed E-state index contributed by atoms with van der Waals surface area (Å²) in [5.41, 5.74) is 1.12. The number of benzene rings is 1. The van der Waals surface area contributed by atoms with E-state index in [0.29, 0.717) is 20.6 Å². The van der Waals surface area contributed by atoms with Gasteiger partial charge in [0.2, 0.25) is 0 Å². The van der Waals surface area contributed by atoms with E-state index in [-0.39, 0.29) is 15.8 Å². The molecule has 0 radical (unpaired) electrons. The van der Waals surface area contributed by atoms with Gasteiger partial charge in [-0.2, -0.15) is 0 Å². The van der Waals surface area contributed by atoms with Gasteiger partial charge in [0.25, 0.3) is 0 Å². The molecular weight excluding hydrogens is 534 g/mol. The van der Waals surface area contributed by atoms with Gasteiger partial charge in [0.1, 0.15) is 0 Å². The molecule has 0 aliphatic rings. The molecule has 0 atom stereocenters. The first-order valence-corrected chi connectivity index (χ1v) is 19.2. The van der Waals surface area contributed by atoms with Gasteiger partial charge in [0, 0.05) is 0 Å². The molecule has 0 N–H and O–H groups in total. The second-order valence-corrected chi connectivity index (χ2v) is 25.4. The first-order valence-electron chi connectivity index (χ1n) is 10.7. The van der Waals surface area contributed by atoms with Crippen LogP contribution in [0, 0.1) is 0 Å². The fraction of sp³-hybridized carbons (Fsp3) is 0.720. The fourth-order valence-electron chi connectivity index (χ4n) is 4.16. The van der Waals surface area contributed by atoms with Crippen LogP contribution in [-0.2, 0) is 13.5 Å². The van der Waals surface area contributed by atoms with E-state index < -0.39 is 13.5 Å². The van der Waals surface area contributed by atoms with Gasteiger partial charge in [0.05, 0.1) is 0 Å². The zero-order valence-corrected chi connectivity index (χ0v) is 26.4. The molecule has 0 aliphatic carbocycles. The molecule has 1 aromatic rings. The Labute approximate surface area is 204 Å². The summed E-state index contributed by atoms with van der Waals surface area (Å²) in [5.74, 6) is 0. The van der Waals surface area contributed by atoms with Crippen molar-refractivity contribution in [2.24, 2.45) is 0 Å². The zero-order valence-electron chi connectivity index (χ0n) is 21.4. The van der Waals surface area contributed by atoms with Crippen molar-refractivity contribution in [1.82, 2.24) is 0 Å². The van der Waals surface area contributed by atoms with Crippen molar-refractivity contribution in [3.05, 3.63) is 35.9 Å². The minimum absolute atomic E-state index is 0.0466. The Morgan fingerprint density at radius 1 is 0.633 bits per heavy atom. The Kier molecular flexibility index (Phi) is 13.1. The summed E-state index contributed by atoms with van der Waals surface area (Å²) in [6.07, 6.45) is 2.87. The predicted octanol–water partition coefficient (Wildman–Crippen LogP) is 9.91. The molecule has 0 heterocycles. The normalized spacial score (nSPS) is 13.8. The first-order chi connectivity index (χ1) is 13.3. The molecule has 5 heteroatoms. The second-order valence-electron chi connectivity index (χ2n) is 11.7. The molecule has 0 saturated heterocycles. The Hall–Kier alpha value is 1.15. The van der Waals surface area contributed by atoms with E-state index in [1.54, 1.807) is 0 Å². The van der Waals surface area contributed by atoms with Crippen molar-refractivity contribution in [2.45, 2.75) is 104 Å². The van der Waals surface area contributed by atoms with Crippen LogP contribution in [0.2, 0.25) is 0 Å². The number of hydrogen-bond donors (Lipinski definition) is 0. The molecule has 0 nitrogen and oxygen atoms in total. The second kappa shape index (κ2) is 12.6. The quantitative estimate of drug-likeness (QED) is 0.246. The third-order valence-corrected chi connectivity index (χ3v) is 14.8. The average molecular weight is 581 g/mol. The zero-order chi connectivity index (χ0) is 24.0. The summed E-state index contributed by atoms with van der Waals surface area (Å²) in [7, 11) is 11.4. The number of halogens is 2. The maximum atomic E-state index is 5.67. The predicted molar refractivity (Wildman–Crippen MR) is 146 cm³/mol. The van der Waals surface area contributed by atoms with E-state index in [4.69, 9.17) is 19.4 Å². The molecule has 178 valence electrons. The van der Waals surface area contributed by atoms with Crippen LogP contribution in [0.5, 0.6) is 0 Å². The van der Waals surface area contributed by atoms with Crippen molar-refractivity contribution in [1.29, 1.82) is 0 Å². The summed E-state index contributed by atoms with van der Waals surface area (Å²) in [4.78, 5) is 0. The van der Waals surface area contributed by atoms with E-state index in [0.717, 1.165) is 5.56 Å². The van der Waals surface area contributed by atoms with Crippen LogP contribution in [0.15, 0.2) is 30.3 Å². The summed E-state index contributed by atoms with van der Waals surface area (Å²) in [5, 5.41) is 1.85. The molecule has 0 amide bonds. The molecule has 0 aromatic heterocycles. The number of hydrogen-bond acceptors (Lipinski definition) is 0. The van der Waals surface area contributed by atoms with Crippen LogP contribution in [0.1, 0.15) is 88.6 Å². The van der Waals surface area contributed by atoms with Crippen molar-refractivity contribution < 1.29 is 13.5 Å². The van der Waals surface area contributed by atoms with Gasteiger partial charge in [0.15, 0.2) is 0 Å². The van der Waals surface area contributed by atoms with Gasteiger partial charge in [-0.3, -0.25) is 0 Å². The van der Waals surface area contributed by atoms with E-state index >= 15 is 0 Å². The Morgan fingerprint density at radius 2 is 0.933 bits per heavy atom. The SMILES string of the molecule is CC(C)(C)P(CCP(C(C)(C)C)C(C)(C)C)C(C)(C)C.[Cl][Ru]([Cl])=[CH]c1ccccc1. The molecule has 0 fully saturated rings. The van der Waals surface area contributed by atoms with Gasteiger partial charge in [-0.1, -0.05) is 98.9 Å². The fourth-order valence-corrected chi connectivity index (χ4v) is 14.3. The Morgan fingerprint density at radius 3 is 1.17 bits per heavy atom. The molecule has 0 aliphatic heterocycles. The van der Waals surface area contributed by atoms with Crippen molar-refractivity contribution in [2.75, 3.05) is 12.3 Å². The molecule has 30 heavy (non-hydrogen) atoms. The van der Waals surface area contributed by atoms with Crippen LogP contribution >= 0.6 is 35.2 Å². The van der Waals surface area contributed by atoms with Crippen LogP contribution in [0.3, 0.4) is 0 Å². The minimum atomic E-state index is -1.61. The third-order valence-electron chi connectivity index (χ3n) is 4.78. The van der Waals surface area contributed by atoms with Gasteiger partial charge in [-0.15, -0.1) is 0 Å². The summed E-state index contributed by atoms with van der Waals surface area (Å²) < 4.78 is 1.92. The molecular formula is C25H46Cl2P2Ru. The van der Waals surface area contributed by atoms with Crippen LogP contribution in [0.25, 0.3) is 0 Å². The first kappa shape index (κ1) is 31.2. The standard InChI is InChI=1S/C18H40P2.C7H6.2ClH.Ru/c1-15(2,3)19(16(4,5)6)13-14-20(17(7,8)9)18(10,11)12;1-7-5-3-2-4-6-7;;;/h13-14H2,1-12H3;1-6H;2*1H;/q;;;;+2/p-2. The topological polar surface area (TPSA) is 0 Å². The van der Waals surface area contributed by atoms with Crippen LogP contribution < -0.4 is 0 Å². The van der Waals surface area contributed by atoms with E-state index in [2.05, 4.69) is 83.1 Å². The van der Waals surface area contributed by atoms with Crippen LogP contribution in [0.4, 0.5) is 0 Å². The summed E-state index contributed by atoms with van der Waals surface area (Å²) >= 11 is -1.61. The van der Waals surface area contributed by atoms with E-state index in [1.165, 1.54) is 12.3 Å². The van der Waals surface area contributed by atoms with Crippen LogP contribution in [-0.4, -0.2) is 37.6 Å². The maximum absolute atomic E-state index is 5.67. The molecule has 0 saturated carbocycles. The Balaban J connectivity index is 0.000000696. The summed E-state index contributed by atoms with van der Waals surface area (Å²) in [6, 6.07) is 9.89. The third kappa shape index (κ3) is 13.0. The van der Waals surface area contributed by atoms with Crippen molar-refractivity contribution >= 4 is 39.8 Å². The molecule has 0 unspecified atom stereocenters. The molecule has 1 aromatic carbocycles. The average Bonchev–Trinajstić information content (AvgIpc) is 2.47. The van der Waals surface area contributed by atoms with Gasteiger partial charge in [-0.25, -0.2) is 0 Å². The van der Waals surface area contributed by atoms with E-state index in [1.807, 2.05) is 34.9 Å². The van der Waals surface area contributed by atoms with Gasteiger partial charge >= 0.3 is 73.4 Å².